The van der Waals surface area contributed by atoms with Gasteiger partial charge in [-0.15, -0.1) is 5.10 Å². The highest BCUT2D eigenvalue weighted by Crippen LogP contribution is 2.42. The lowest BCUT2D eigenvalue weighted by atomic mass is 9.83. The zero-order valence-corrected chi connectivity index (χ0v) is 24.3. The summed E-state index contributed by atoms with van der Waals surface area (Å²) in [5, 5.41) is 16.4. The van der Waals surface area contributed by atoms with Gasteiger partial charge >= 0.3 is 12.4 Å². The first-order valence-corrected chi connectivity index (χ1v) is 13.7. The van der Waals surface area contributed by atoms with Crippen molar-refractivity contribution in [1.82, 2.24) is 39.2 Å². The lowest BCUT2D eigenvalue weighted by Crippen LogP contribution is -2.34. The van der Waals surface area contributed by atoms with Crippen LogP contribution in [-0.2, 0) is 44.6 Å². The van der Waals surface area contributed by atoms with Gasteiger partial charge in [-0.1, -0.05) is 17.7 Å². The maximum atomic E-state index is 13.6. The topological polar surface area (TPSA) is 107 Å². The van der Waals surface area contributed by atoms with Crippen molar-refractivity contribution in [2.75, 3.05) is 13.7 Å². The molecule has 0 spiro atoms. The predicted octanol–water partition coefficient (Wildman–Crippen LogP) is 4.95. The minimum absolute atomic E-state index is 0.0461. The Kier molecular flexibility index (Phi) is 7.48. The Balaban J connectivity index is 1.43. The molecule has 1 aliphatic heterocycles. The summed E-state index contributed by atoms with van der Waals surface area (Å²) in [6, 6.07) is 6.65. The Hall–Kier alpha value is -4.28. The highest BCUT2D eigenvalue weighted by Gasteiger charge is 2.41. The van der Waals surface area contributed by atoms with Crippen LogP contribution in [0, 0.1) is 0 Å². The summed E-state index contributed by atoms with van der Waals surface area (Å²) in [6.45, 7) is 0.654. The third-order valence-electron chi connectivity index (χ3n) is 7.62. The Morgan fingerprint density at radius 2 is 1.76 bits per heavy atom. The van der Waals surface area contributed by atoms with Gasteiger partial charge < -0.3 is 14.4 Å². The molecule has 5 aromatic rings. The molecule has 0 saturated carbocycles. The molecule has 0 aliphatic carbocycles. The molecule has 0 fully saturated rings. The van der Waals surface area contributed by atoms with Crippen molar-refractivity contribution in [3.8, 4) is 5.88 Å². The number of pyridine rings is 2. The maximum absolute atomic E-state index is 13.6. The summed E-state index contributed by atoms with van der Waals surface area (Å²) < 4.78 is 88.5. The number of benzene rings is 1. The van der Waals surface area contributed by atoms with Crippen molar-refractivity contribution >= 4 is 22.5 Å². The van der Waals surface area contributed by atoms with Crippen molar-refractivity contribution in [3.63, 3.8) is 0 Å². The van der Waals surface area contributed by atoms with E-state index in [1.807, 2.05) is 4.90 Å². The first-order valence-electron chi connectivity index (χ1n) is 13.3. The summed E-state index contributed by atoms with van der Waals surface area (Å²) in [4.78, 5) is 17.5. The second-order valence-corrected chi connectivity index (χ2v) is 10.8. The van der Waals surface area contributed by atoms with Crippen LogP contribution in [0.5, 0.6) is 5.88 Å². The summed E-state index contributed by atoms with van der Waals surface area (Å²) in [6.07, 6.45) is -5.72. The fourth-order valence-electron chi connectivity index (χ4n) is 5.42. The Bertz CT molecular complexity index is 1910. The number of hydrogen-bond donors (Lipinski definition) is 1. The van der Waals surface area contributed by atoms with Crippen LogP contribution >= 0.6 is 11.6 Å². The molecule has 5 heterocycles. The summed E-state index contributed by atoms with van der Waals surface area (Å²) in [5.41, 5.74) is -2.29. The van der Waals surface area contributed by atoms with Gasteiger partial charge in [0.15, 0.2) is 5.60 Å². The van der Waals surface area contributed by atoms with Gasteiger partial charge in [-0.3, -0.25) is 9.88 Å². The van der Waals surface area contributed by atoms with E-state index >= 15 is 0 Å². The number of methoxy groups -OCH3 is 1. The number of aliphatic hydroxyl groups is 1. The normalized spacial score (nSPS) is 15.7. The van der Waals surface area contributed by atoms with Gasteiger partial charge in [0.1, 0.15) is 11.5 Å². The summed E-state index contributed by atoms with van der Waals surface area (Å²) in [7, 11) is 2.99. The van der Waals surface area contributed by atoms with Crippen molar-refractivity contribution in [2.45, 2.75) is 37.6 Å². The average Bonchev–Trinajstić information content (AvgIpc) is 3.64. The van der Waals surface area contributed by atoms with Crippen LogP contribution < -0.4 is 4.74 Å². The number of alkyl halides is 6. The van der Waals surface area contributed by atoms with Crippen LogP contribution in [0.4, 0.5) is 26.3 Å². The molecule has 1 unspecified atom stereocenters. The van der Waals surface area contributed by atoms with E-state index < -0.39 is 29.5 Å². The Morgan fingerprint density at radius 3 is 2.42 bits per heavy atom. The number of aryl methyl sites for hydroxylation is 1. The smallest absolute Gasteiger partial charge is 0.453 e. The molecule has 236 valence electrons. The Labute approximate surface area is 255 Å². The number of hydrogen-bond acceptors (Lipinski definition) is 8. The number of halogens is 7. The molecule has 17 heteroatoms. The van der Waals surface area contributed by atoms with Gasteiger partial charge in [0.05, 0.1) is 49.0 Å². The number of rotatable bonds is 6. The molecule has 6 rings (SSSR count). The number of fused-ring (bicyclic) bond motifs is 2. The first-order chi connectivity index (χ1) is 21.2. The van der Waals surface area contributed by atoms with Gasteiger partial charge in [-0.25, -0.2) is 19.6 Å². The van der Waals surface area contributed by atoms with E-state index in [1.165, 1.54) is 47.1 Å². The predicted molar refractivity (Wildman–Crippen MR) is 147 cm³/mol. The number of ether oxygens (including phenoxy) is 1. The first kappa shape index (κ1) is 30.7. The van der Waals surface area contributed by atoms with Crippen LogP contribution in [0.25, 0.3) is 10.9 Å². The van der Waals surface area contributed by atoms with Gasteiger partial charge in [0.2, 0.25) is 5.88 Å². The van der Waals surface area contributed by atoms with E-state index in [9.17, 15) is 31.4 Å². The zero-order chi connectivity index (χ0) is 32.3. The number of nitrogens with zero attached hydrogens (tertiary/aromatic N) is 8. The highest BCUT2D eigenvalue weighted by atomic mass is 35.5. The minimum Gasteiger partial charge on any atom is -0.481 e. The molecule has 1 aromatic carbocycles. The molecular formula is C28H23ClF6N8O2. The highest BCUT2D eigenvalue weighted by molar-refractivity contribution is 6.36. The lowest BCUT2D eigenvalue weighted by molar-refractivity contribution is -0.145. The van der Waals surface area contributed by atoms with Crippen molar-refractivity contribution in [2.24, 2.45) is 7.05 Å². The quantitative estimate of drug-likeness (QED) is 0.257. The SMILES string of the molecule is COc1nc2ccc(C(O)(c3ccnc(C(F)(F)F)c3)c3cncn3C)cc2c(Cl)c1CN1CCn2nc(C(F)(F)F)nc2C1. The van der Waals surface area contributed by atoms with Gasteiger partial charge in [0, 0.05) is 37.3 Å². The molecule has 1 atom stereocenters. The van der Waals surface area contributed by atoms with E-state index in [-0.39, 0.29) is 53.2 Å². The second-order valence-electron chi connectivity index (χ2n) is 10.5. The monoisotopic (exact) mass is 652 g/mol. The molecule has 4 aromatic heterocycles. The standard InChI is InChI=1S/C28H23ClF6N8O2/c1-41-14-36-11-21(41)26(44,16-5-6-37-20(10-16)27(30,31)32)15-3-4-19-17(9-15)23(29)18(24(38-19)45-2)12-42-7-8-43-22(13-42)39-25(40-43)28(33,34)35/h3-6,9-11,14,44H,7-8,12-13H2,1-2H3. The van der Waals surface area contributed by atoms with Crippen LogP contribution in [0.15, 0.2) is 49.1 Å². The average molecular weight is 653 g/mol. The third-order valence-corrected chi connectivity index (χ3v) is 8.05. The minimum atomic E-state index is -4.76. The maximum Gasteiger partial charge on any atom is 0.453 e. The van der Waals surface area contributed by atoms with Crippen LogP contribution in [-0.4, -0.2) is 57.9 Å². The fourth-order valence-corrected chi connectivity index (χ4v) is 5.71. The van der Waals surface area contributed by atoms with E-state index in [0.29, 0.717) is 23.0 Å². The van der Waals surface area contributed by atoms with E-state index in [1.54, 1.807) is 13.1 Å². The van der Waals surface area contributed by atoms with Crippen molar-refractivity contribution < 1.29 is 36.2 Å². The Morgan fingerprint density at radius 1 is 1.00 bits per heavy atom. The van der Waals surface area contributed by atoms with E-state index in [0.717, 1.165) is 12.3 Å². The third kappa shape index (κ3) is 5.46. The van der Waals surface area contributed by atoms with Gasteiger partial charge in [-0.2, -0.15) is 26.3 Å². The van der Waals surface area contributed by atoms with Crippen LogP contribution in [0.2, 0.25) is 5.02 Å². The molecule has 0 bridgehead atoms. The largest absolute Gasteiger partial charge is 0.481 e. The molecule has 1 aliphatic rings. The van der Waals surface area contributed by atoms with E-state index in [2.05, 4.69) is 25.0 Å². The molecule has 0 radical (unpaired) electrons. The van der Waals surface area contributed by atoms with Gasteiger partial charge in [-0.05, 0) is 35.4 Å². The molecule has 0 amide bonds. The van der Waals surface area contributed by atoms with Crippen molar-refractivity contribution in [1.29, 1.82) is 0 Å². The molecular weight excluding hydrogens is 630 g/mol. The molecule has 10 nitrogen and oxygen atoms in total. The second kappa shape index (κ2) is 11.0. The fraction of sp³-hybridized carbons (Fsp3) is 0.321. The molecule has 45 heavy (non-hydrogen) atoms. The van der Waals surface area contributed by atoms with E-state index in [4.69, 9.17) is 16.3 Å². The zero-order valence-electron chi connectivity index (χ0n) is 23.5. The molecule has 1 N–H and O–H groups in total. The van der Waals surface area contributed by atoms with Crippen LogP contribution in [0.1, 0.15) is 39.7 Å². The number of aromatic nitrogens is 7. The lowest BCUT2D eigenvalue weighted by Gasteiger charge is -2.30. The van der Waals surface area contributed by atoms with Crippen LogP contribution in [0.3, 0.4) is 0 Å². The number of imidazole rings is 1. The summed E-state index contributed by atoms with van der Waals surface area (Å²) >= 11 is 6.93. The summed E-state index contributed by atoms with van der Waals surface area (Å²) in [5.74, 6) is -0.905. The van der Waals surface area contributed by atoms with Gasteiger partial charge in [0.25, 0.3) is 5.82 Å². The molecule has 0 saturated heterocycles. The van der Waals surface area contributed by atoms with Crippen molar-refractivity contribution in [3.05, 3.63) is 93.8 Å².